The number of carbonyl (C=O) groups excluding carboxylic acids is 1. The second-order valence-electron chi connectivity index (χ2n) is 8.41. The van der Waals surface area contributed by atoms with E-state index in [4.69, 9.17) is 23.8 Å². The van der Waals surface area contributed by atoms with Gasteiger partial charge < -0.3 is 4.98 Å². The van der Waals surface area contributed by atoms with E-state index in [1.807, 2.05) is 64.1 Å². The molecule has 1 amide bonds. The van der Waals surface area contributed by atoms with Gasteiger partial charge in [0.2, 0.25) is 21.4 Å². The number of aromatic amines is 1. The largest absolute Gasteiger partial charge is 0.350 e. The van der Waals surface area contributed by atoms with Gasteiger partial charge in [-0.3, -0.25) is 4.79 Å². The Morgan fingerprint density at radius 1 is 0.946 bits per heavy atom. The van der Waals surface area contributed by atoms with Crippen LogP contribution >= 0.6 is 0 Å². The molecule has 0 atom stereocenters. The molecule has 0 radical (unpaired) electrons. The van der Waals surface area contributed by atoms with E-state index in [-0.39, 0.29) is 10.8 Å². The Balaban J connectivity index is 0.000000695. The third kappa shape index (κ3) is 6.90. The van der Waals surface area contributed by atoms with Crippen molar-refractivity contribution in [3.05, 3.63) is 82.8 Å². The SMILES string of the molecule is Cc1cc(C)[n+](NC(=O)c2[nH]c3ccc(S(N)(=O)=O)cc3c2-c2ccccc2C)c(C)c1.[O-][Cl+3]([O-])([O-])[O-]. The molecule has 4 N–H and O–H groups in total. The number of pyridine rings is 1. The van der Waals surface area contributed by atoms with E-state index in [0.29, 0.717) is 22.2 Å². The second-order valence-corrected chi connectivity index (χ2v) is 10.7. The number of nitrogens with zero attached hydrogens (tertiary/aromatic N) is 1. The maximum Gasteiger partial charge on any atom is 0.322 e. The average molecular weight is 549 g/mol. The summed E-state index contributed by atoms with van der Waals surface area (Å²) in [5.41, 5.74) is 9.24. The number of aryl methyl sites for hydroxylation is 4. The fraction of sp³-hybridized carbons (Fsp3) is 0.167. The van der Waals surface area contributed by atoms with Crippen molar-refractivity contribution in [2.75, 3.05) is 5.43 Å². The van der Waals surface area contributed by atoms with Crippen LogP contribution in [-0.4, -0.2) is 19.3 Å². The lowest BCUT2D eigenvalue weighted by atomic mass is 9.97. The van der Waals surface area contributed by atoms with Crippen LogP contribution in [0.25, 0.3) is 22.0 Å². The number of H-pyrrole nitrogens is 1. The molecule has 13 heteroatoms. The molecule has 0 saturated heterocycles. The zero-order valence-corrected chi connectivity index (χ0v) is 21.9. The molecule has 37 heavy (non-hydrogen) atoms. The number of sulfonamides is 1. The molecule has 4 rings (SSSR count). The number of halogens is 1. The second kappa shape index (κ2) is 10.6. The molecule has 0 unspecified atom stereocenters. The normalized spacial score (nSPS) is 11.7. The summed E-state index contributed by atoms with van der Waals surface area (Å²) in [6.07, 6.45) is 0. The summed E-state index contributed by atoms with van der Waals surface area (Å²) in [6, 6.07) is 16.2. The highest BCUT2D eigenvalue weighted by Crippen LogP contribution is 2.35. The van der Waals surface area contributed by atoms with Crippen molar-refractivity contribution in [2.24, 2.45) is 5.14 Å². The van der Waals surface area contributed by atoms with Crippen molar-refractivity contribution in [2.45, 2.75) is 32.6 Å². The van der Waals surface area contributed by atoms with E-state index in [2.05, 4.69) is 10.4 Å². The smallest absolute Gasteiger partial charge is 0.322 e. The molecule has 2 aromatic heterocycles. The standard InChI is InChI=1S/C24H24N4O3S.ClHO4/c1-14-11-16(3)28(17(4)12-14)27-24(29)23-22(19-8-6-5-7-15(19)2)20-13-18(32(25,30)31)9-10-21(20)26-23;2-1(3,4)5/h5-13H,1-4H3,(H3-,25,26,27,29,30,31);(H,2,3,4,5). The fourth-order valence-corrected chi connectivity index (χ4v) is 4.63. The summed E-state index contributed by atoms with van der Waals surface area (Å²) in [6.45, 7) is 7.80. The summed E-state index contributed by atoms with van der Waals surface area (Å²) in [7, 11) is -8.84. The van der Waals surface area contributed by atoms with Crippen molar-refractivity contribution in [1.82, 2.24) is 4.98 Å². The van der Waals surface area contributed by atoms with Gasteiger partial charge in [0, 0.05) is 42.4 Å². The van der Waals surface area contributed by atoms with E-state index in [9.17, 15) is 13.2 Å². The number of primary sulfonamides is 1. The number of rotatable bonds is 4. The summed E-state index contributed by atoms with van der Waals surface area (Å²) in [4.78, 5) is 16.6. The van der Waals surface area contributed by atoms with Crippen LogP contribution < -0.4 is 33.9 Å². The van der Waals surface area contributed by atoms with E-state index >= 15 is 0 Å². The van der Waals surface area contributed by atoms with Crippen LogP contribution in [-0.2, 0) is 10.0 Å². The molecule has 11 nitrogen and oxygen atoms in total. The Labute approximate surface area is 215 Å². The monoisotopic (exact) mass is 548 g/mol. The van der Waals surface area contributed by atoms with Gasteiger partial charge in [-0.15, -0.1) is 15.7 Å². The van der Waals surface area contributed by atoms with Gasteiger partial charge in [-0.2, -0.15) is 0 Å². The first-order valence-corrected chi connectivity index (χ1v) is 13.5. The maximum atomic E-state index is 13.5. The molecule has 0 saturated carbocycles. The molecule has 2 heterocycles. The van der Waals surface area contributed by atoms with Crippen LogP contribution in [0, 0.1) is 37.9 Å². The molecule has 0 fully saturated rings. The number of carbonyl (C=O) groups is 1. The fourth-order valence-electron chi connectivity index (χ4n) is 4.09. The number of fused-ring (bicyclic) bond motifs is 1. The zero-order valence-electron chi connectivity index (χ0n) is 20.4. The van der Waals surface area contributed by atoms with Crippen LogP contribution in [0.3, 0.4) is 0 Å². The van der Waals surface area contributed by atoms with E-state index in [1.165, 1.54) is 12.1 Å². The van der Waals surface area contributed by atoms with Gasteiger partial charge in [0.1, 0.15) is 5.69 Å². The molecule has 196 valence electrons. The van der Waals surface area contributed by atoms with Crippen LogP contribution in [0.4, 0.5) is 0 Å². The van der Waals surface area contributed by atoms with Crippen LogP contribution in [0.15, 0.2) is 59.5 Å². The van der Waals surface area contributed by atoms with E-state index in [0.717, 1.165) is 28.1 Å². The van der Waals surface area contributed by atoms with Crippen LogP contribution in [0.2, 0.25) is 0 Å². The number of nitrogens with two attached hydrogens (primary N) is 1. The van der Waals surface area contributed by atoms with Crippen molar-refractivity contribution < 1.29 is 46.8 Å². The highest BCUT2D eigenvalue weighted by atomic mass is 35.7. The first-order valence-electron chi connectivity index (χ1n) is 10.7. The third-order valence-electron chi connectivity index (χ3n) is 5.53. The first-order chi connectivity index (χ1) is 17.1. The van der Waals surface area contributed by atoms with Gasteiger partial charge >= 0.3 is 5.91 Å². The molecule has 0 aliphatic heterocycles. The van der Waals surface area contributed by atoms with Crippen molar-refractivity contribution >= 4 is 26.8 Å². The average Bonchev–Trinajstić information content (AvgIpc) is 3.13. The Morgan fingerprint density at radius 2 is 1.51 bits per heavy atom. The van der Waals surface area contributed by atoms with Gasteiger partial charge in [0.25, 0.3) is 0 Å². The Morgan fingerprint density at radius 3 is 2.05 bits per heavy atom. The predicted octanol–water partition coefficient (Wildman–Crippen LogP) is -1.37. The lowest BCUT2D eigenvalue weighted by molar-refractivity contribution is -2.00. The molecule has 4 aromatic rings. The molecule has 0 aliphatic carbocycles. The number of aromatic nitrogens is 2. The number of benzene rings is 2. The highest BCUT2D eigenvalue weighted by Gasteiger charge is 2.25. The van der Waals surface area contributed by atoms with Crippen LogP contribution in [0.5, 0.6) is 0 Å². The Hall–Kier alpha value is -3.36. The maximum absolute atomic E-state index is 13.5. The van der Waals surface area contributed by atoms with Crippen molar-refractivity contribution in [3.8, 4) is 11.1 Å². The van der Waals surface area contributed by atoms with E-state index < -0.39 is 20.3 Å². The lowest BCUT2D eigenvalue weighted by Gasteiger charge is -2.17. The summed E-state index contributed by atoms with van der Waals surface area (Å²) in [5, 5.41) is 5.97. The Bertz CT molecular complexity index is 1570. The quantitative estimate of drug-likeness (QED) is 0.261. The number of nitrogens with one attached hydrogen (secondary N) is 2. The van der Waals surface area contributed by atoms with Gasteiger partial charge in [0.05, 0.1) is 4.90 Å². The molecule has 2 aromatic carbocycles. The molecule has 0 aliphatic rings. The topological polar surface area (TPSA) is 201 Å². The van der Waals surface area contributed by atoms with Crippen molar-refractivity contribution in [3.63, 3.8) is 0 Å². The number of hydrogen-bond donors (Lipinski definition) is 3. The first kappa shape index (κ1) is 28.2. The minimum absolute atomic E-state index is 0.00890. The van der Waals surface area contributed by atoms with Gasteiger partial charge in [-0.1, -0.05) is 28.9 Å². The molecule has 0 bridgehead atoms. The summed E-state index contributed by atoms with van der Waals surface area (Å²) < 4.78 is 59.6. The zero-order chi connectivity index (χ0) is 27.7. The third-order valence-corrected chi connectivity index (χ3v) is 6.44. The summed E-state index contributed by atoms with van der Waals surface area (Å²) in [5.74, 6) is -0.336. The summed E-state index contributed by atoms with van der Waals surface area (Å²) >= 11 is 0. The lowest BCUT2D eigenvalue weighted by Crippen LogP contribution is -2.68. The van der Waals surface area contributed by atoms with Gasteiger partial charge in [-0.05, 0) is 48.7 Å². The van der Waals surface area contributed by atoms with Crippen LogP contribution in [0.1, 0.15) is 33.0 Å². The number of amides is 1. The van der Waals surface area contributed by atoms with Gasteiger partial charge in [0.15, 0.2) is 0 Å². The highest BCUT2D eigenvalue weighted by molar-refractivity contribution is 7.89. The predicted molar refractivity (Wildman–Crippen MR) is 124 cm³/mol. The van der Waals surface area contributed by atoms with Crippen molar-refractivity contribution in [1.29, 1.82) is 0 Å². The molecular weight excluding hydrogens is 524 g/mol. The Kier molecular flexibility index (Phi) is 8.05. The molecular formula is C24H25ClN4O7S. The van der Waals surface area contributed by atoms with E-state index in [1.54, 1.807) is 10.7 Å². The molecule has 0 spiro atoms. The van der Waals surface area contributed by atoms with Gasteiger partial charge in [-0.25, -0.2) is 32.2 Å². The minimum Gasteiger partial charge on any atom is -0.350 e. The minimum atomic E-state index is -4.94. The number of hydrogen-bond acceptors (Lipinski definition) is 7.